The highest BCUT2D eigenvalue weighted by Gasteiger charge is 2.27. The number of pyridine rings is 1. The highest BCUT2D eigenvalue weighted by Crippen LogP contribution is 2.30. The summed E-state index contributed by atoms with van der Waals surface area (Å²) in [6.45, 7) is 3.82. The Balaban J connectivity index is 1.39. The van der Waals surface area contributed by atoms with Gasteiger partial charge in [0.05, 0.1) is 5.69 Å². The molecule has 2 aromatic carbocycles. The summed E-state index contributed by atoms with van der Waals surface area (Å²) in [5.74, 6) is -1.26. The van der Waals surface area contributed by atoms with Gasteiger partial charge in [0.1, 0.15) is 11.1 Å². The van der Waals surface area contributed by atoms with Crippen LogP contribution in [0.5, 0.6) is 0 Å². The van der Waals surface area contributed by atoms with Crippen LogP contribution in [0.15, 0.2) is 63.9 Å². The molecule has 0 bridgehead atoms. The first-order valence-electron chi connectivity index (χ1n) is 13.0. The largest absolute Gasteiger partial charge is 0.477 e. The summed E-state index contributed by atoms with van der Waals surface area (Å²) >= 11 is 0. The number of fused-ring (bicyclic) bond motifs is 1. The van der Waals surface area contributed by atoms with Gasteiger partial charge in [-0.1, -0.05) is 12.1 Å². The van der Waals surface area contributed by atoms with Crippen molar-refractivity contribution in [2.75, 3.05) is 50.1 Å². The van der Waals surface area contributed by atoms with Gasteiger partial charge >= 0.3 is 5.97 Å². The molecule has 0 amide bonds. The van der Waals surface area contributed by atoms with Crippen molar-refractivity contribution in [2.24, 2.45) is 0 Å². The molecule has 0 saturated carbocycles. The Morgan fingerprint density at radius 1 is 1.00 bits per heavy atom. The Kier molecular flexibility index (Phi) is 6.15. The first-order chi connectivity index (χ1) is 18.4. The molecule has 1 N–H and O–H groups in total. The van der Waals surface area contributed by atoms with E-state index in [2.05, 4.69) is 40.9 Å². The number of carbonyl (C=O) groups is 1. The van der Waals surface area contributed by atoms with Gasteiger partial charge in [-0.2, -0.15) is 4.98 Å². The van der Waals surface area contributed by atoms with E-state index >= 15 is 0 Å². The number of oxazole rings is 1. The average molecular weight is 514 g/mol. The van der Waals surface area contributed by atoms with E-state index in [9.17, 15) is 14.7 Å². The molecule has 2 aromatic heterocycles. The van der Waals surface area contributed by atoms with Crippen molar-refractivity contribution in [2.45, 2.75) is 25.3 Å². The molecular weight excluding hydrogens is 482 g/mol. The van der Waals surface area contributed by atoms with Crippen LogP contribution in [0.2, 0.25) is 0 Å². The minimum absolute atomic E-state index is 0.285. The second kappa shape index (κ2) is 9.64. The molecule has 2 aliphatic heterocycles. The van der Waals surface area contributed by atoms with Gasteiger partial charge in [-0.3, -0.25) is 4.79 Å². The molecule has 4 aromatic rings. The number of aromatic nitrogens is 2. The zero-order valence-corrected chi connectivity index (χ0v) is 21.6. The molecule has 0 spiro atoms. The molecule has 6 rings (SSSR count). The van der Waals surface area contributed by atoms with Crippen LogP contribution < -0.4 is 15.2 Å². The minimum Gasteiger partial charge on any atom is -0.477 e. The predicted octanol–water partition coefficient (Wildman–Crippen LogP) is 4.08. The Morgan fingerprint density at radius 2 is 1.74 bits per heavy atom. The number of rotatable bonds is 6. The molecule has 2 fully saturated rings. The van der Waals surface area contributed by atoms with E-state index in [-0.39, 0.29) is 5.56 Å². The fourth-order valence-corrected chi connectivity index (χ4v) is 5.47. The van der Waals surface area contributed by atoms with Crippen molar-refractivity contribution >= 4 is 28.8 Å². The smallest absolute Gasteiger partial charge is 0.341 e. The fraction of sp³-hybridized carbons (Fsp3) is 0.345. The van der Waals surface area contributed by atoms with E-state index in [1.165, 1.54) is 25.1 Å². The number of hydrogen-bond donors (Lipinski definition) is 1. The molecule has 2 saturated heterocycles. The molecule has 196 valence electrons. The summed E-state index contributed by atoms with van der Waals surface area (Å²) in [5.41, 5.74) is 3.80. The second-order valence-corrected chi connectivity index (χ2v) is 10.4. The normalized spacial score (nSPS) is 17.7. The highest BCUT2D eigenvalue weighted by atomic mass is 16.4. The third-order valence-corrected chi connectivity index (χ3v) is 7.72. The van der Waals surface area contributed by atoms with Gasteiger partial charge < -0.3 is 28.8 Å². The lowest BCUT2D eigenvalue weighted by Crippen LogP contribution is -2.31. The maximum absolute atomic E-state index is 12.7. The van der Waals surface area contributed by atoms with Crippen molar-refractivity contribution in [3.63, 3.8) is 0 Å². The van der Waals surface area contributed by atoms with E-state index in [0.29, 0.717) is 29.0 Å². The third-order valence-electron chi connectivity index (χ3n) is 7.72. The van der Waals surface area contributed by atoms with Crippen molar-refractivity contribution in [3.8, 4) is 16.9 Å². The lowest BCUT2D eigenvalue weighted by Gasteiger charge is -2.19. The molecule has 0 unspecified atom stereocenters. The Hall–Kier alpha value is -4.11. The summed E-state index contributed by atoms with van der Waals surface area (Å²) in [7, 11) is 4.17. The van der Waals surface area contributed by atoms with Crippen molar-refractivity contribution in [1.82, 2.24) is 14.5 Å². The average Bonchev–Trinajstić information content (AvgIpc) is 3.68. The molecule has 4 heterocycles. The molecule has 9 nitrogen and oxygen atoms in total. The number of likely N-dealkylation sites (N-methyl/N-ethyl adjacent to an activating group) is 1. The second-order valence-electron chi connectivity index (χ2n) is 10.4. The monoisotopic (exact) mass is 513 g/mol. The summed E-state index contributed by atoms with van der Waals surface area (Å²) in [5, 5.41) is 9.66. The topological polar surface area (TPSA) is 95.1 Å². The van der Waals surface area contributed by atoms with Crippen molar-refractivity contribution < 1.29 is 14.3 Å². The fourth-order valence-electron chi connectivity index (χ4n) is 5.47. The first-order valence-corrected chi connectivity index (χ1v) is 13.0. The molecular formula is C29H31N5O4. The number of anilines is 2. The number of benzene rings is 2. The van der Waals surface area contributed by atoms with Gasteiger partial charge in [0.25, 0.3) is 6.01 Å². The summed E-state index contributed by atoms with van der Waals surface area (Å²) in [6, 6.07) is 16.1. The number of carboxylic acids is 1. The maximum Gasteiger partial charge on any atom is 0.341 e. The van der Waals surface area contributed by atoms with Gasteiger partial charge in [0.2, 0.25) is 0 Å². The number of hydrogen-bond acceptors (Lipinski definition) is 7. The van der Waals surface area contributed by atoms with E-state index in [1.54, 1.807) is 4.57 Å². The van der Waals surface area contributed by atoms with Gasteiger partial charge in [-0.25, -0.2) is 4.79 Å². The zero-order chi connectivity index (χ0) is 26.4. The van der Waals surface area contributed by atoms with Crippen LogP contribution in [0.25, 0.3) is 28.0 Å². The zero-order valence-electron chi connectivity index (χ0n) is 21.6. The van der Waals surface area contributed by atoms with E-state index in [0.717, 1.165) is 49.4 Å². The van der Waals surface area contributed by atoms with Gasteiger partial charge in [-0.15, -0.1) is 0 Å². The summed E-state index contributed by atoms with van der Waals surface area (Å²) in [4.78, 5) is 36.0. The van der Waals surface area contributed by atoms with Gasteiger partial charge in [-0.05, 0) is 63.2 Å². The number of nitrogens with zero attached hydrogens (tertiary/aromatic N) is 5. The SMILES string of the molecule is CN(C)[C@@H]1CCN(c2nc3ccc(-n4cc(C(=O)O)c(=O)cc4-c4ccc(N5CCCC5)cc4)cc3o2)C1. The lowest BCUT2D eigenvalue weighted by molar-refractivity contribution is 0.0695. The van der Waals surface area contributed by atoms with Crippen LogP contribution in [-0.4, -0.2) is 71.8 Å². The Morgan fingerprint density at radius 3 is 2.42 bits per heavy atom. The Bertz CT molecular complexity index is 1550. The van der Waals surface area contributed by atoms with Gasteiger partial charge in [0.15, 0.2) is 11.0 Å². The van der Waals surface area contributed by atoms with Crippen LogP contribution in [0.1, 0.15) is 29.6 Å². The first kappa shape index (κ1) is 24.2. The van der Waals surface area contributed by atoms with Gasteiger partial charge in [0, 0.05) is 61.9 Å². The standard InChI is InChI=1S/C29H31N5O4/c1-31(2)22-11-14-33(17-22)29-30-24-10-9-21(15-27(24)38-29)34-18-23(28(36)37)26(35)16-25(34)19-5-7-20(8-6-19)32-12-3-4-13-32/h5-10,15-16,18,22H,3-4,11-14,17H2,1-2H3,(H,36,37)/t22-/m1/s1. The van der Waals surface area contributed by atoms with Crippen LogP contribution in [0.4, 0.5) is 11.7 Å². The third kappa shape index (κ3) is 4.43. The van der Waals surface area contributed by atoms with Crippen LogP contribution >= 0.6 is 0 Å². The maximum atomic E-state index is 12.7. The minimum atomic E-state index is -1.26. The quantitative estimate of drug-likeness (QED) is 0.412. The number of aromatic carboxylic acids is 1. The molecule has 0 radical (unpaired) electrons. The van der Waals surface area contributed by atoms with Crippen molar-refractivity contribution in [1.29, 1.82) is 0 Å². The molecule has 38 heavy (non-hydrogen) atoms. The van der Waals surface area contributed by atoms with E-state index in [4.69, 9.17) is 9.40 Å². The Labute approximate surface area is 220 Å². The summed E-state index contributed by atoms with van der Waals surface area (Å²) in [6.07, 6.45) is 4.83. The lowest BCUT2D eigenvalue weighted by atomic mass is 10.1. The van der Waals surface area contributed by atoms with Crippen LogP contribution in [-0.2, 0) is 0 Å². The molecule has 0 aliphatic carbocycles. The van der Waals surface area contributed by atoms with Crippen LogP contribution in [0.3, 0.4) is 0 Å². The predicted molar refractivity (Wildman–Crippen MR) is 148 cm³/mol. The molecule has 2 aliphatic rings. The molecule has 1 atom stereocenters. The number of carboxylic acid groups (broad SMARTS) is 1. The highest BCUT2D eigenvalue weighted by molar-refractivity contribution is 5.88. The summed E-state index contributed by atoms with van der Waals surface area (Å²) < 4.78 is 7.91. The molecule has 9 heteroatoms. The van der Waals surface area contributed by atoms with Crippen LogP contribution in [0, 0.1) is 0 Å². The van der Waals surface area contributed by atoms with Crippen molar-refractivity contribution in [3.05, 3.63) is 70.5 Å². The van der Waals surface area contributed by atoms with E-state index < -0.39 is 11.4 Å². The van der Waals surface area contributed by atoms with E-state index in [1.807, 2.05) is 30.3 Å².